The molecule has 0 aromatic heterocycles. The van der Waals surface area contributed by atoms with Gasteiger partial charge in [-0.25, -0.2) is 9.79 Å². The topological polar surface area (TPSA) is 41.5 Å². The van der Waals surface area contributed by atoms with Crippen LogP contribution in [0.5, 0.6) is 0 Å². The maximum atomic E-state index is 9.82. The Morgan fingerprint density at radius 3 is 3.00 bits per heavy atom. The van der Waals surface area contributed by atoms with Crippen molar-refractivity contribution in [3.05, 3.63) is 18.0 Å². The summed E-state index contributed by atoms with van der Waals surface area (Å²) in [4.78, 5) is 13.5. The van der Waals surface area contributed by atoms with Crippen molar-refractivity contribution < 1.29 is 4.79 Å². The largest absolute Gasteiger partial charge is 0.337 e. The lowest BCUT2D eigenvalue weighted by Crippen LogP contribution is -2.10. The molecule has 0 amide bonds. The van der Waals surface area contributed by atoms with Crippen molar-refractivity contribution >= 4 is 12.3 Å². The fourth-order valence-electron chi connectivity index (χ4n) is 0.379. The summed E-state index contributed by atoms with van der Waals surface area (Å²) in [6.07, 6.45) is 4.50. The number of rotatable bonds is 0. The first-order valence-corrected chi connectivity index (χ1v) is 2.13. The Hall–Kier alpha value is -1.34. The monoisotopic (exact) mass is 108 g/mol. The van der Waals surface area contributed by atoms with Gasteiger partial charge in [0.1, 0.15) is 5.70 Å². The van der Waals surface area contributed by atoms with Gasteiger partial charge in [-0.2, -0.15) is 0 Å². The van der Waals surface area contributed by atoms with Gasteiger partial charge in [0, 0.05) is 6.20 Å². The fourth-order valence-corrected chi connectivity index (χ4v) is 0.379. The number of aliphatic imine (C=N–C) groups is 1. The molecule has 0 spiro atoms. The van der Waals surface area contributed by atoms with Gasteiger partial charge < -0.3 is 5.32 Å². The van der Waals surface area contributed by atoms with E-state index in [9.17, 15) is 4.79 Å². The maximum Gasteiger partial charge on any atom is 0.150 e. The van der Waals surface area contributed by atoms with Crippen LogP contribution in [-0.2, 0) is 4.79 Å². The first-order chi connectivity index (χ1) is 3.93. The zero-order chi connectivity index (χ0) is 5.82. The minimum absolute atomic E-state index is 0.417. The van der Waals surface area contributed by atoms with Crippen LogP contribution in [-0.4, -0.2) is 12.3 Å². The molecule has 0 bridgehead atoms. The van der Waals surface area contributed by atoms with Crippen LogP contribution in [0.3, 0.4) is 0 Å². The summed E-state index contributed by atoms with van der Waals surface area (Å²) in [6.45, 7) is 0. The van der Waals surface area contributed by atoms with Gasteiger partial charge in [0.2, 0.25) is 0 Å². The van der Waals surface area contributed by atoms with E-state index in [1.807, 2.05) is 0 Å². The Morgan fingerprint density at radius 2 is 2.62 bits per heavy atom. The second-order valence-electron chi connectivity index (χ2n) is 1.25. The molecule has 1 N–H and O–H groups in total. The number of nitrogens with zero attached hydrogens (tertiary/aromatic N) is 1. The molecule has 0 fully saturated rings. The molecule has 1 heterocycles. The smallest absolute Gasteiger partial charge is 0.150 e. The lowest BCUT2D eigenvalue weighted by Gasteiger charge is -1.96. The molecular weight excluding hydrogens is 104 g/mol. The van der Waals surface area contributed by atoms with E-state index in [0.717, 1.165) is 0 Å². The van der Waals surface area contributed by atoms with E-state index in [2.05, 4.69) is 10.3 Å². The zero-order valence-electron chi connectivity index (χ0n) is 4.09. The number of allylic oxidation sites excluding steroid dienone is 1. The van der Waals surface area contributed by atoms with Crippen molar-refractivity contribution in [1.82, 2.24) is 5.32 Å². The molecule has 3 nitrogen and oxygen atoms in total. The molecule has 0 unspecified atom stereocenters. The number of nitrogens with one attached hydrogen (secondary N) is 1. The second-order valence-corrected chi connectivity index (χ2v) is 1.25. The lowest BCUT2D eigenvalue weighted by atomic mass is 10.4. The molecule has 0 saturated heterocycles. The molecule has 0 aliphatic carbocycles. The van der Waals surface area contributed by atoms with Crippen LogP contribution in [0.1, 0.15) is 0 Å². The van der Waals surface area contributed by atoms with Gasteiger partial charge in [-0.05, 0) is 6.08 Å². The van der Waals surface area contributed by atoms with Crippen molar-refractivity contribution in [2.75, 3.05) is 0 Å². The Kier molecular flexibility index (Phi) is 1.26. The van der Waals surface area contributed by atoms with Crippen molar-refractivity contribution in [3.8, 4) is 0 Å². The van der Waals surface area contributed by atoms with Crippen molar-refractivity contribution in [1.29, 1.82) is 0 Å². The average Bonchev–Trinajstić information content (AvgIpc) is 1.90. The third-order valence-electron chi connectivity index (χ3n) is 0.732. The molecule has 0 atom stereocenters. The van der Waals surface area contributed by atoms with Gasteiger partial charge in [-0.3, -0.25) is 0 Å². The van der Waals surface area contributed by atoms with Crippen molar-refractivity contribution in [2.45, 2.75) is 0 Å². The molecule has 0 radical (unpaired) electrons. The average molecular weight is 108 g/mol. The van der Waals surface area contributed by atoms with Gasteiger partial charge in [-0.1, -0.05) is 0 Å². The summed E-state index contributed by atoms with van der Waals surface area (Å²) >= 11 is 0. The van der Waals surface area contributed by atoms with E-state index in [1.54, 1.807) is 12.0 Å². The van der Waals surface area contributed by atoms with Crippen LogP contribution in [0.4, 0.5) is 0 Å². The first-order valence-electron chi connectivity index (χ1n) is 2.13. The van der Waals surface area contributed by atoms with Crippen molar-refractivity contribution in [2.24, 2.45) is 4.99 Å². The maximum absolute atomic E-state index is 9.82. The van der Waals surface area contributed by atoms with Gasteiger partial charge >= 0.3 is 0 Å². The molecule has 1 aliphatic heterocycles. The quantitative estimate of drug-likeness (QED) is 0.438. The van der Waals surface area contributed by atoms with Gasteiger partial charge in [0.05, 0.1) is 6.34 Å². The van der Waals surface area contributed by atoms with Crippen LogP contribution in [0.15, 0.2) is 23.0 Å². The third kappa shape index (κ3) is 0.832. The Balaban J connectivity index is 2.80. The van der Waals surface area contributed by atoms with Gasteiger partial charge in [0.15, 0.2) is 5.94 Å². The van der Waals surface area contributed by atoms with Crippen LogP contribution in [0.2, 0.25) is 0 Å². The molecule has 3 heteroatoms. The summed E-state index contributed by atoms with van der Waals surface area (Å²) in [5.74, 6) is 1.68. The van der Waals surface area contributed by atoms with Crippen LogP contribution < -0.4 is 5.32 Å². The predicted octanol–water partition coefficient (Wildman–Crippen LogP) is -0.153. The minimum Gasteiger partial charge on any atom is -0.337 e. The molecule has 0 aromatic carbocycles. The van der Waals surface area contributed by atoms with Crippen molar-refractivity contribution in [3.63, 3.8) is 0 Å². The second kappa shape index (κ2) is 2.09. The predicted molar refractivity (Wildman–Crippen MR) is 30.0 cm³/mol. The summed E-state index contributed by atoms with van der Waals surface area (Å²) in [5, 5.41) is 2.58. The van der Waals surface area contributed by atoms with Gasteiger partial charge in [0.25, 0.3) is 0 Å². The lowest BCUT2D eigenvalue weighted by molar-refractivity contribution is 0.567. The number of hydrogen-bond donors (Lipinski definition) is 1. The highest BCUT2D eigenvalue weighted by atomic mass is 16.1. The highest BCUT2D eigenvalue weighted by Crippen LogP contribution is 1.88. The first kappa shape index (κ1) is 4.81. The number of hydrogen-bond acceptors (Lipinski definition) is 3. The molecular formula is C5H4N2O. The fraction of sp³-hybridized carbons (Fsp3) is 0. The van der Waals surface area contributed by atoms with E-state index >= 15 is 0 Å². The van der Waals surface area contributed by atoms with E-state index in [1.165, 1.54) is 12.5 Å². The SMILES string of the molecule is O=C=C1C=CN=CN1. The minimum atomic E-state index is 0.417. The molecule has 0 saturated carbocycles. The Bertz CT molecular complexity index is 187. The van der Waals surface area contributed by atoms with Gasteiger partial charge in [-0.15, -0.1) is 0 Å². The Morgan fingerprint density at radius 1 is 1.75 bits per heavy atom. The number of carbonyl (C=O) groups excluding carboxylic acids is 1. The third-order valence-corrected chi connectivity index (χ3v) is 0.732. The molecule has 1 aliphatic rings. The normalized spacial score (nSPS) is 15.2. The molecule has 40 valence electrons. The van der Waals surface area contributed by atoms with E-state index in [-0.39, 0.29) is 0 Å². The summed E-state index contributed by atoms with van der Waals surface area (Å²) in [7, 11) is 0. The standard InChI is InChI=1S/C5H4N2O/c8-3-5-1-2-6-4-7-5/h1-2,4H,(H,6,7). The van der Waals surface area contributed by atoms with E-state index < -0.39 is 0 Å². The van der Waals surface area contributed by atoms with E-state index in [0.29, 0.717) is 5.70 Å². The Labute approximate surface area is 46.4 Å². The van der Waals surface area contributed by atoms with Crippen LogP contribution in [0, 0.1) is 0 Å². The van der Waals surface area contributed by atoms with Crippen LogP contribution >= 0.6 is 0 Å². The van der Waals surface area contributed by atoms with Crippen LogP contribution in [0.25, 0.3) is 0 Å². The molecule has 1 rings (SSSR count). The molecule has 0 aromatic rings. The highest BCUT2D eigenvalue weighted by molar-refractivity contribution is 5.69. The summed E-state index contributed by atoms with van der Waals surface area (Å²) in [5.41, 5.74) is 0.417. The molecule has 8 heavy (non-hydrogen) atoms. The van der Waals surface area contributed by atoms with E-state index in [4.69, 9.17) is 0 Å². The summed E-state index contributed by atoms with van der Waals surface area (Å²) < 4.78 is 0. The summed E-state index contributed by atoms with van der Waals surface area (Å²) in [6, 6.07) is 0. The zero-order valence-corrected chi connectivity index (χ0v) is 4.09. The highest BCUT2D eigenvalue weighted by Gasteiger charge is 1.88.